The average Bonchev–Trinajstić information content (AvgIpc) is 2.61. The van der Waals surface area contributed by atoms with Crippen molar-refractivity contribution >= 4 is 17.6 Å². The molecule has 132 valence electrons. The molecular formula is C16H23FN4O3. The molecule has 1 aromatic carbocycles. The summed E-state index contributed by atoms with van der Waals surface area (Å²) in [5, 5.41) is 5.25. The highest BCUT2D eigenvalue weighted by atomic mass is 19.1. The minimum Gasteiger partial charge on any atom is -0.383 e. The third kappa shape index (κ3) is 5.38. The number of carbonyl (C=O) groups is 2. The van der Waals surface area contributed by atoms with E-state index in [1.165, 1.54) is 12.1 Å². The molecule has 1 aliphatic rings. The summed E-state index contributed by atoms with van der Waals surface area (Å²) in [7, 11) is 1.56. The van der Waals surface area contributed by atoms with Gasteiger partial charge in [0.05, 0.1) is 13.2 Å². The molecule has 24 heavy (non-hydrogen) atoms. The number of benzene rings is 1. The van der Waals surface area contributed by atoms with E-state index in [1.807, 2.05) is 0 Å². The smallest absolute Gasteiger partial charge is 0.317 e. The number of anilines is 1. The summed E-state index contributed by atoms with van der Waals surface area (Å²) in [4.78, 5) is 27.4. The Morgan fingerprint density at radius 1 is 1.12 bits per heavy atom. The van der Waals surface area contributed by atoms with Crippen LogP contribution in [0.25, 0.3) is 0 Å². The van der Waals surface area contributed by atoms with Crippen LogP contribution in [-0.2, 0) is 9.53 Å². The summed E-state index contributed by atoms with van der Waals surface area (Å²) in [6.07, 6.45) is 0. The van der Waals surface area contributed by atoms with Crippen molar-refractivity contribution in [2.45, 2.75) is 0 Å². The van der Waals surface area contributed by atoms with Gasteiger partial charge < -0.3 is 25.2 Å². The Labute approximate surface area is 140 Å². The second-order valence-electron chi connectivity index (χ2n) is 5.45. The van der Waals surface area contributed by atoms with E-state index >= 15 is 0 Å². The number of ether oxygens (including phenoxy) is 1. The first kappa shape index (κ1) is 18.0. The SMILES string of the molecule is COCCNC(=O)CNC(=O)N1CCN(c2ccc(F)cc2)CC1. The number of halogens is 1. The van der Waals surface area contributed by atoms with Crippen molar-refractivity contribution in [3.05, 3.63) is 30.1 Å². The molecular weight excluding hydrogens is 315 g/mol. The van der Waals surface area contributed by atoms with E-state index in [9.17, 15) is 14.0 Å². The molecule has 2 rings (SSSR count). The number of hydrogen-bond acceptors (Lipinski definition) is 4. The lowest BCUT2D eigenvalue weighted by Crippen LogP contribution is -2.53. The fourth-order valence-corrected chi connectivity index (χ4v) is 2.44. The Hall–Kier alpha value is -2.35. The second kappa shape index (κ2) is 9.07. The first-order valence-corrected chi connectivity index (χ1v) is 7.89. The molecule has 0 aromatic heterocycles. The lowest BCUT2D eigenvalue weighted by molar-refractivity contribution is -0.120. The first-order chi connectivity index (χ1) is 11.6. The van der Waals surface area contributed by atoms with Crippen LogP contribution in [0.1, 0.15) is 0 Å². The Morgan fingerprint density at radius 2 is 1.79 bits per heavy atom. The van der Waals surface area contributed by atoms with Crippen LogP contribution in [0.3, 0.4) is 0 Å². The van der Waals surface area contributed by atoms with Gasteiger partial charge in [-0.1, -0.05) is 0 Å². The molecule has 2 N–H and O–H groups in total. The van der Waals surface area contributed by atoms with Gasteiger partial charge in [-0.15, -0.1) is 0 Å². The maximum Gasteiger partial charge on any atom is 0.317 e. The van der Waals surface area contributed by atoms with Gasteiger partial charge >= 0.3 is 6.03 Å². The summed E-state index contributed by atoms with van der Waals surface area (Å²) in [5.74, 6) is -0.508. The Balaban J connectivity index is 1.70. The number of urea groups is 1. The van der Waals surface area contributed by atoms with Crippen LogP contribution in [0.4, 0.5) is 14.9 Å². The van der Waals surface area contributed by atoms with Crippen molar-refractivity contribution < 1.29 is 18.7 Å². The predicted molar refractivity (Wildman–Crippen MR) is 88.5 cm³/mol. The summed E-state index contributed by atoms with van der Waals surface area (Å²) in [6, 6.07) is 6.06. The van der Waals surface area contributed by atoms with Gasteiger partial charge in [-0.2, -0.15) is 0 Å². The first-order valence-electron chi connectivity index (χ1n) is 7.89. The number of carbonyl (C=O) groups excluding carboxylic acids is 2. The van der Waals surface area contributed by atoms with Crippen LogP contribution in [0.15, 0.2) is 24.3 Å². The maximum absolute atomic E-state index is 13.0. The van der Waals surface area contributed by atoms with Gasteiger partial charge in [0.25, 0.3) is 0 Å². The molecule has 0 spiro atoms. The van der Waals surface area contributed by atoms with E-state index in [4.69, 9.17) is 4.74 Å². The fourth-order valence-electron chi connectivity index (χ4n) is 2.44. The second-order valence-corrected chi connectivity index (χ2v) is 5.45. The molecule has 3 amide bonds. The molecule has 0 radical (unpaired) electrons. The van der Waals surface area contributed by atoms with Crippen LogP contribution in [0, 0.1) is 5.82 Å². The average molecular weight is 338 g/mol. The highest BCUT2D eigenvalue weighted by Gasteiger charge is 2.21. The van der Waals surface area contributed by atoms with Crippen molar-refractivity contribution in [2.24, 2.45) is 0 Å². The number of amides is 3. The molecule has 1 aliphatic heterocycles. The van der Waals surface area contributed by atoms with E-state index in [0.717, 1.165) is 5.69 Å². The summed E-state index contributed by atoms with van der Waals surface area (Å²) < 4.78 is 17.8. The van der Waals surface area contributed by atoms with Crippen LogP contribution in [0.5, 0.6) is 0 Å². The third-order valence-electron chi connectivity index (χ3n) is 3.79. The zero-order valence-electron chi connectivity index (χ0n) is 13.8. The monoisotopic (exact) mass is 338 g/mol. The van der Waals surface area contributed by atoms with E-state index in [1.54, 1.807) is 24.1 Å². The largest absolute Gasteiger partial charge is 0.383 e. The molecule has 1 fully saturated rings. The maximum atomic E-state index is 13.0. The Kier molecular flexibility index (Phi) is 6.80. The number of hydrogen-bond donors (Lipinski definition) is 2. The molecule has 7 nitrogen and oxygen atoms in total. The molecule has 1 heterocycles. The van der Waals surface area contributed by atoms with Crippen molar-refractivity contribution in [2.75, 3.05) is 57.9 Å². The third-order valence-corrected chi connectivity index (χ3v) is 3.79. The highest BCUT2D eigenvalue weighted by molar-refractivity contribution is 5.84. The van der Waals surface area contributed by atoms with Gasteiger partial charge in [0.15, 0.2) is 0 Å². The van der Waals surface area contributed by atoms with Gasteiger partial charge in [0.2, 0.25) is 5.91 Å². The number of piperazine rings is 1. The van der Waals surface area contributed by atoms with Gasteiger partial charge in [-0.05, 0) is 24.3 Å². The predicted octanol–water partition coefficient (Wildman–Crippen LogP) is 0.420. The number of methoxy groups -OCH3 is 1. The molecule has 0 aliphatic carbocycles. The lowest BCUT2D eigenvalue weighted by atomic mass is 10.2. The van der Waals surface area contributed by atoms with Crippen molar-refractivity contribution in [1.29, 1.82) is 0 Å². The van der Waals surface area contributed by atoms with Crippen molar-refractivity contribution in [1.82, 2.24) is 15.5 Å². The van der Waals surface area contributed by atoms with E-state index in [-0.39, 0.29) is 24.3 Å². The summed E-state index contributed by atoms with van der Waals surface area (Å²) in [6.45, 7) is 3.23. The summed E-state index contributed by atoms with van der Waals surface area (Å²) in [5.41, 5.74) is 0.939. The van der Waals surface area contributed by atoms with Crippen LogP contribution < -0.4 is 15.5 Å². The minimum absolute atomic E-state index is 0.0548. The molecule has 8 heteroatoms. The number of nitrogens with one attached hydrogen (secondary N) is 2. The van der Waals surface area contributed by atoms with E-state index < -0.39 is 0 Å². The lowest BCUT2D eigenvalue weighted by Gasteiger charge is -2.36. The molecule has 0 unspecified atom stereocenters. The standard InChI is InChI=1S/C16H23FN4O3/c1-24-11-6-18-15(22)12-19-16(23)21-9-7-20(8-10-21)14-4-2-13(17)3-5-14/h2-5H,6-12H2,1H3,(H,18,22)(H,19,23). The van der Waals surface area contributed by atoms with Crippen molar-refractivity contribution in [3.63, 3.8) is 0 Å². The zero-order chi connectivity index (χ0) is 17.4. The minimum atomic E-state index is -0.263. The quantitative estimate of drug-likeness (QED) is 0.738. The van der Waals surface area contributed by atoms with Crippen LogP contribution in [0.2, 0.25) is 0 Å². The molecule has 0 saturated carbocycles. The highest BCUT2D eigenvalue weighted by Crippen LogP contribution is 2.16. The Morgan fingerprint density at radius 3 is 2.42 bits per heavy atom. The number of nitrogens with zero attached hydrogens (tertiary/aromatic N) is 2. The fraction of sp³-hybridized carbons (Fsp3) is 0.500. The Bertz CT molecular complexity index is 545. The van der Waals surface area contributed by atoms with Gasteiger partial charge in [0, 0.05) is 45.5 Å². The van der Waals surface area contributed by atoms with Gasteiger partial charge in [-0.25, -0.2) is 9.18 Å². The molecule has 0 atom stereocenters. The molecule has 1 aromatic rings. The topological polar surface area (TPSA) is 73.9 Å². The van der Waals surface area contributed by atoms with Gasteiger partial charge in [-0.3, -0.25) is 4.79 Å². The normalized spacial score (nSPS) is 14.4. The molecule has 1 saturated heterocycles. The molecule has 0 bridgehead atoms. The number of rotatable bonds is 6. The van der Waals surface area contributed by atoms with Crippen LogP contribution in [-0.4, -0.2) is 69.8 Å². The summed E-state index contributed by atoms with van der Waals surface area (Å²) >= 11 is 0. The van der Waals surface area contributed by atoms with E-state index in [0.29, 0.717) is 39.3 Å². The van der Waals surface area contributed by atoms with E-state index in [2.05, 4.69) is 15.5 Å². The zero-order valence-corrected chi connectivity index (χ0v) is 13.8. The van der Waals surface area contributed by atoms with Crippen LogP contribution >= 0.6 is 0 Å². The van der Waals surface area contributed by atoms with Crippen molar-refractivity contribution in [3.8, 4) is 0 Å². The van der Waals surface area contributed by atoms with Gasteiger partial charge in [0.1, 0.15) is 5.82 Å².